The first-order chi connectivity index (χ1) is 10.6. The van der Waals surface area contributed by atoms with E-state index in [1.807, 2.05) is 13.0 Å². The summed E-state index contributed by atoms with van der Waals surface area (Å²) >= 11 is 6.08. The third-order valence-corrected chi connectivity index (χ3v) is 3.31. The fourth-order valence-corrected chi connectivity index (χ4v) is 2.13. The molecule has 0 aliphatic heterocycles. The molecular formula is C14H15ClN6O. The third-order valence-electron chi connectivity index (χ3n) is 2.99. The average Bonchev–Trinajstić information content (AvgIpc) is 2.96. The average molecular weight is 319 g/mol. The van der Waals surface area contributed by atoms with Crippen molar-refractivity contribution in [3.05, 3.63) is 40.7 Å². The number of rotatable bonds is 5. The van der Waals surface area contributed by atoms with Crippen molar-refractivity contribution < 1.29 is 4.79 Å². The normalized spacial score (nSPS) is 10.0. The molecule has 8 heteroatoms. The second-order valence-electron chi connectivity index (χ2n) is 4.50. The summed E-state index contributed by atoms with van der Waals surface area (Å²) in [6.07, 6.45) is 1.88. The molecule has 1 aromatic heterocycles. The number of benzene rings is 1. The van der Waals surface area contributed by atoms with Gasteiger partial charge >= 0.3 is 6.03 Å². The summed E-state index contributed by atoms with van der Waals surface area (Å²) in [5.74, 6) is 0. The van der Waals surface area contributed by atoms with Crippen molar-refractivity contribution >= 4 is 23.3 Å². The Kier molecular flexibility index (Phi) is 5.33. The maximum Gasteiger partial charge on any atom is 0.319 e. The van der Waals surface area contributed by atoms with Crippen LogP contribution in [0, 0.1) is 11.3 Å². The molecule has 0 atom stereocenters. The molecule has 0 radical (unpaired) electrons. The molecule has 0 saturated carbocycles. The van der Waals surface area contributed by atoms with E-state index in [9.17, 15) is 4.79 Å². The largest absolute Gasteiger partial charge is 0.332 e. The van der Waals surface area contributed by atoms with Gasteiger partial charge in [0.2, 0.25) is 0 Å². The van der Waals surface area contributed by atoms with Crippen LogP contribution in [-0.2, 0) is 19.5 Å². The molecule has 0 unspecified atom stereocenters. The summed E-state index contributed by atoms with van der Waals surface area (Å²) in [4.78, 5) is 11.9. The predicted octanol–water partition coefficient (Wildman–Crippen LogP) is 2.34. The molecular weight excluding hydrogens is 304 g/mol. The Morgan fingerprint density at radius 1 is 1.50 bits per heavy atom. The van der Waals surface area contributed by atoms with Crippen LogP contribution in [0.25, 0.3) is 0 Å². The molecule has 114 valence electrons. The lowest BCUT2D eigenvalue weighted by Gasteiger charge is -2.10. The molecule has 0 aliphatic carbocycles. The Balaban J connectivity index is 1.93. The number of aromatic nitrogens is 3. The number of nitriles is 1. The van der Waals surface area contributed by atoms with Crippen LogP contribution in [0.15, 0.2) is 24.4 Å². The molecule has 1 aromatic carbocycles. The van der Waals surface area contributed by atoms with Gasteiger partial charge in [-0.25, -0.2) is 9.48 Å². The van der Waals surface area contributed by atoms with Gasteiger partial charge in [-0.05, 0) is 24.6 Å². The second kappa shape index (κ2) is 7.43. The van der Waals surface area contributed by atoms with Crippen LogP contribution in [0.1, 0.15) is 18.2 Å². The van der Waals surface area contributed by atoms with Crippen molar-refractivity contribution in [2.24, 2.45) is 0 Å². The van der Waals surface area contributed by atoms with Crippen molar-refractivity contribution in [1.29, 1.82) is 5.26 Å². The van der Waals surface area contributed by atoms with E-state index in [-0.39, 0.29) is 12.5 Å². The Labute approximate surface area is 132 Å². The summed E-state index contributed by atoms with van der Waals surface area (Å²) in [6, 6.07) is 6.76. The van der Waals surface area contributed by atoms with Crippen LogP contribution >= 0.6 is 11.6 Å². The predicted molar refractivity (Wildman–Crippen MR) is 82.3 cm³/mol. The Hall–Kier alpha value is -2.59. The van der Waals surface area contributed by atoms with Crippen LogP contribution in [0.4, 0.5) is 10.5 Å². The highest BCUT2D eigenvalue weighted by Crippen LogP contribution is 2.23. The minimum Gasteiger partial charge on any atom is -0.332 e. The smallest absolute Gasteiger partial charge is 0.319 e. The van der Waals surface area contributed by atoms with E-state index in [0.29, 0.717) is 23.8 Å². The van der Waals surface area contributed by atoms with Gasteiger partial charge in [-0.3, -0.25) is 0 Å². The van der Waals surface area contributed by atoms with Crippen molar-refractivity contribution in [3.63, 3.8) is 0 Å². The van der Waals surface area contributed by atoms with E-state index in [2.05, 4.69) is 20.9 Å². The topological polar surface area (TPSA) is 95.6 Å². The maximum atomic E-state index is 11.9. The number of nitrogens with one attached hydrogen (secondary N) is 2. The van der Waals surface area contributed by atoms with Gasteiger partial charge in [0.25, 0.3) is 0 Å². The van der Waals surface area contributed by atoms with Crippen molar-refractivity contribution in [1.82, 2.24) is 20.3 Å². The molecule has 1 heterocycles. The Bertz CT molecular complexity index is 706. The quantitative estimate of drug-likeness (QED) is 0.884. The first-order valence-electron chi connectivity index (χ1n) is 6.71. The number of halogens is 1. The summed E-state index contributed by atoms with van der Waals surface area (Å²) in [7, 11) is 0. The van der Waals surface area contributed by atoms with Crippen LogP contribution in [-0.4, -0.2) is 21.0 Å². The molecule has 2 aromatic rings. The molecule has 0 fully saturated rings. The van der Waals surface area contributed by atoms with Crippen LogP contribution in [0.3, 0.4) is 0 Å². The van der Waals surface area contributed by atoms with E-state index in [4.69, 9.17) is 16.9 Å². The van der Waals surface area contributed by atoms with Crippen LogP contribution < -0.4 is 10.6 Å². The molecule has 0 saturated heterocycles. The number of amides is 2. The molecule has 7 nitrogen and oxygen atoms in total. The summed E-state index contributed by atoms with van der Waals surface area (Å²) in [5.41, 5.74) is 2.10. The molecule has 0 aliphatic rings. The molecule has 2 amide bonds. The number of nitrogens with zero attached hydrogens (tertiary/aromatic N) is 4. The molecule has 2 rings (SSSR count). The third kappa shape index (κ3) is 3.96. The number of carbonyl (C=O) groups excluding carboxylic acids is 1. The standard InChI is InChI=1S/C14H15ClN6O/c1-2-21-11(9-18-20-21)8-17-14(22)19-13-4-3-10(5-6-16)7-12(13)15/h3-4,7,9H,2,5,8H2,1H3,(H2,17,19,22). The van der Waals surface area contributed by atoms with Crippen LogP contribution in [0.2, 0.25) is 5.02 Å². The summed E-state index contributed by atoms with van der Waals surface area (Å²) in [5, 5.41) is 22.1. The van der Waals surface area contributed by atoms with Gasteiger partial charge in [0.1, 0.15) is 0 Å². The van der Waals surface area contributed by atoms with Gasteiger partial charge in [-0.15, -0.1) is 5.10 Å². The molecule has 0 spiro atoms. The van der Waals surface area contributed by atoms with Crippen molar-refractivity contribution in [2.75, 3.05) is 5.32 Å². The van der Waals surface area contributed by atoms with E-state index in [1.165, 1.54) is 0 Å². The Morgan fingerprint density at radius 2 is 2.32 bits per heavy atom. The first-order valence-corrected chi connectivity index (χ1v) is 7.09. The highest BCUT2D eigenvalue weighted by molar-refractivity contribution is 6.33. The highest BCUT2D eigenvalue weighted by Gasteiger charge is 2.08. The van der Waals surface area contributed by atoms with E-state index >= 15 is 0 Å². The fraction of sp³-hybridized carbons (Fsp3) is 0.286. The SMILES string of the molecule is CCn1nncc1CNC(=O)Nc1ccc(CC#N)cc1Cl. The number of aryl methyl sites for hydroxylation is 1. The van der Waals surface area contributed by atoms with Gasteiger partial charge in [-0.2, -0.15) is 5.26 Å². The van der Waals surface area contributed by atoms with Crippen molar-refractivity contribution in [3.8, 4) is 6.07 Å². The fourth-order valence-electron chi connectivity index (χ4n) is 1.88. The number of urea groups is 1. The zero-order chi connectivity index (χ0) is 15.9. The minimum atomic E-state index is -0.376. The number of hydrogen-bond acceptors (Lipinski definition) is 4. The van der Waals surface area contributed by atoms with Crippen LogP contribution in [0.5, 0.6) is 0 Å². The zero-order valence-electron chi connectivity index (χ0n) is 12.0. The lowest BCUT2D eigenvalue weighted by molar-refractivity contribution is 0.251. The first kappa shape index (κ1) is 15.8. The van der Waals surface area contributed by atoms with Crippen molar-refractivity contribution in [2.45, 2.75) is 26.4 Å². The monoisotopic (exact) mass is 318 g/mol. The molecule has 2 N–H and O–H groups in total. The lowest BCUT2D eigenvalue weighted by atomic mass is 10.1. The summed E-state index contributed by atoms with van der Waals surface area (Å²) < 4.78 is 1.70. The van der Waals surface area contributed by atoms with E-state index < -0.39 is 0 Å². The number of hydrogen-bond donors (Lipinski definition) is 2. The molecule has 22 heavy (non-hydrogen) atoms. The lowest BCUT2D eigenvalue weighted by Crippen LogP contribution is -2.29. The van der Waals surface area contributed by atoms with Gasteiger partial charge < -0.3 is 10.6 Å². The molecule has 0 bridgehead atoms. The number of anilines is 1. The second-order valence-corrected chi connectivity index (χ2v) is 4.91. The van der Waals surface area contributed by atoms with Gasteiger partial charge in [-0.1, -0.05) is 22.9 Å². The van der Waals surface area contributed by atoms with E-state index in [0.717, 1.165) is 11.3 Å². The van der Waals surface area contributed by atoms with Gasteiger partial charge in [0.05, 0.1) is 41.6 Å². The zero-order valence-corrected chi connectivity index (χ0v) is 12.8. The number of carbonyl (C=O) groups is 1. The summed E-state index contributed by atoms with van der Waals surface area (Å²) in [6.45, 7) is 2.95. The highest BCUT2D eigenvalue weighted by atomic mass is 35.5. The minimum absolute atomic E-state index is 0.278. The van der Waals surface area contributed by atoms with Gasteiger partial charge in [0, 0.05) is 6.54 Å². The van der Waals surface area contributed by atoms with E-state index in [1.54, 1.807) is 29.1 Å². The Morgan fingerprint density at radius 3 is 3.00 bits per heavy atom. The van der Waals surface area contributed by atoms with Gasteiger partial charge in [0.15, 0.2) is 0 Å². The maximum absolute atomic E-state index is 11.9.